The molecule has 156 valence electrons. The number of nitrogens with zero attached hydrogens (tertiary/aromatic N) is 3. The van der Waals surface area contributed by atoms with E-state index in [1.165, 1.54) is 23.4 Å². The third kappa shape index (κ3) is 4.60. The Morgan fingerprint density at radius 1 is 1.31 bits per heavy atom. The quantitative estimate of drug-likeness (QED) is 0.487. The number of aliphatic imine (C=N–C) groups is 1. The van der Waals surface area contributed by atoms with Crippen molar-refractivity contribution in [3.63, 3.8) is 0 Å². The smallest absolute Gasteiger partial charge is 0.191 e. The van der Waals surface area contributed by atoms with E-state index in [-0.39, 0.29) is 11.9 Å². The van der Waals surface area contributed by atoms with Crippen molar-refractivity contribution in [1.82, 2.24) is 20.4 Å². The lowest BCUT2D eigenvalue weighted by atomic mass is 10.1. The number of hydrogen-bond donors (Lipinski definition) is 2. The van der Waals surface area contributed by atoms with Gasteiger partial charge in [-0.2, -0.15) is 5.10 Å². The highest BCUT2D eigenvalue weighted by atomic mass is 19.1. The number of benzene rings is 1. The fraction of sp³-hybridized carbons (Fsp3) is 0.455. The Kier molecular flexibility index (Phi) is 6.25. The zero-order valence-electron chi connectivity index (χ0n) is 18.1. The lowest BCUT2D eigenvalue weighted by Crippen LogP contribution is -2.43. The Labute approximate surface area is 171 Å². The number of rotatable bonds is 6. The Balaban J connectivity index is 1.73. The van der Waals surface area contributed by atoms with Crippen LogP contribution in [0.3, 0.4) is 0 Å². The number of aryl methyl sites for hydroxylation is 3. The molecule has 29 heavy (non-hydrogen) atoms. The number of hydrogen-bond acceptors (Lipinski definition) is 3. The number of guanidine groups is 1. The van der Waals surface area contributed by atoms with Gasteiger partial charge in [0.15, 0.2) is 5.96 Å². The largest absolute Gasteiger partial charge is 0.459 e. The molecule has 0 fully saturated rings. The van der Waals surface area contributed by atoms with E-state index in [0.29, 0.717) is 12.1 Å². The molecule has 2 heterocycles. The molecule has 3 aromatic rings. The van der Waals surface area contributed by atoms with Crippen LogP contribution < -0.4 is 10.6 Å². The second-order valence-corrected chi connectivity index (χ2v) is 7.51. The first-order valence-corrected chi connectivity index (χ1v) is 10.0. The molecular weight excluding hydrogens is 369 g/mol. The number of fused-ring (bicyclic) bond motifs is 1. The van der Waals surface area contributed by atoms with Crippen molar-refractivity contribution in [1.29, 1.82) is 0 Å². The van der Waals surface area contributed by atoms with Crippen LogP contribution >= 0.6 is 0 Å². The lowest BCUT2D eigenvalue weighted by Gasteiger charge is -2.18. The highest BCUT2D eigenvalue weighted by Crippen LogP contribution is 2.26. The van der Waals surface area contributed by atoms with E-state index in [9.17, 15) is 4.39 Å². The van der Waals surface area contributed by atoms with Crippen LogP contribution in [0.15, 0.2) is 27.6 Å². The molecule has 0 spiro atoms. The molecule has 0 radical (unpaired) electrons. The summed E-state index contributed by atoms with van der Waals surface area (Å²) in [7, 11) is 1.97. The maximum Gasteiger partial charge on any atom is 0.191 e. The van der Waals surface area contributed by atoms with Crippen molar-refractivity contribution in [3.8, 4) is 0 Å². The number of halogens is 1. The lowest BCUT2D eigenvalue weighted by molar-refractivity contribution is 0.545. The first-order valence-electron chi connectivity index (χ1n) is 10.0. The summed E-state index contributed by atoms with van der Waals surface area (Å²) in [5.74, 6) is 1.21. The summed E-state index contributed by atoms with van der Waals surface area (Å²) in [4.78, 5) is 4.68. The van der Waals surface area contributed by atoms with E-state index in [0.717, 1.165) is 41.3 Å². The van der Waals surface area contributed by atoms with E-state index in [1.54, 1.807) is 6.07 Å². The molecule has 1 atom stereocenters. The second kappa shape index (κ2) is 8.68. The van der Waals surface area contributed by atoms with E-state index in [1.807, 2.05) is 32.5 Å². The zero-order chi connectivity index (χ0) is 21.1. The summed E-state index contributed by atoms with van der Waals surface area (Å²) in [6, 6.07) is 4.76. The monoisotopic (exact) mass is 399 g/mol. The topological polar surface area (TPSA) is 67.4 Å². The summed E-state index contributed by atoms with van der Waals surface area (Å²) in [5.41, 5.74) is 5.11. The van der Waals surface area contributed by atoms with Gasteiger partial charge in [0.2, 0.25) is 0 Å². The normalized spacial score (nSPS) is 13.1. The Bertz CT molecular complexity index is 1030. The van der Waals surface area contributed by atoms with Crippen molar-refractivity contribution in [3.05, 3.63) is 52.3 Å². The van der Waals surface area contributed by atoms with Crippen LogP contribution in [0.1, 0.15) is 42.1 Å². The fourth-order valence-electron chi connectivity index (χ4n) is 3.57. The van der Waals surface area contributed by atoms with Gasteiger partial charge in [0.1, 0.15) is 23.7 Å². The van der Waals surface area contributed by atoms with E-state index in [4.69, 9.17) is 4.42 Å². The first-order chi connectivity index (χ1) is 13.8. The van der Waals surface area contributed by atoms with Crippen LogP contribution in [0.2, 0.25) is 0 Å². The first kappa shape index (κ1) is 20.9. The predicted octanol–water partition coefficient (Wildman–Crippen LogP) is 3.92. The molecule has 0 aliphatic heterocycles. The third-order valence-electron chi connectivity index (χ3n) is 5.27. The standard InChI is InChI=1S/C22H30FN5O/c1-7-24-22(26-13(2)10-19-15(4)27-28(6)16(19)5)25-12-21-14(3)18-11-17(23)8-9-20(18)29-21/h8-9,11,13H,7,10,12H2,1-6H3,(H2,24,25,26). The van der Waals surface area contributed by atoms with Gasteiger partial charge in [-0.05, 0) is 64.8 Å². The van der Waals surface area contributed by atoms with Crippen LogP contribution in [0, 0.1) is 26.6 Å². The zero-order valence-corrected chi connectivity index (χ0v) is 18.1. The van der Waals surface area contributed by atoms with Crippen molar-refractivity contribution in [2.75, 3.05) is 6.54 Å². The van der Waals surface area contributed by atoms with Crippen molar-refractivity contribution in [2.24, 2.45) is 12.0 Å². The molecule has 0 bridgehead atoms. The van der Waals surface area contributed by atoms with Gasteiger partial charge in [-0.3, -0.25) is 4.68 Å². The predicted molar refractivity (Wildman–Crippen MR) is 115 cm³/mol. The van der Waals surface area contributed by atoms with Gasteiger partial charge in [-0.25, -0.2) is 9.38 Å². The molecule has 2 aromatic heterocycles. The Hall–Kier alpha value is -2.83. The molecule has 1 aromatic carbocycles. The van der Waals surface area contributed by atoms with Gasteiger partial charge >= 0.3 is 0 Å². The van der Waals surface area contributed by atoms with Crippen LogP contribution in [0.5, 0.6) is 0 Å². The third-order valence-corrected chi connectivity index (χ3v) is 5.27. The highest BCUT2D eigenvalue weighted by molar-refractivity contribution is 5.82. The van der Waals surface area contributed by atoms with Crippen molar-refractivity contribution in [2.45, 2.75) is 53.6 Å². The van der Waals surface area contributed by atoms with Crippen LogP contribution in [0.25, 0.3) is 11.0 Å². The SMILES string of the molecule is CCNC(=NCc1oc2ccc(F)cc2c1C)NC(C)Cc1c(C)nn(C)c1C. The second-order valence-electron chi connectivity index (χ2n) is 7.51. The Morgan fingerprint density at radius 2 is 2.07 bits per heavy atom. The molecule has 0 aliphatic rings. The van der Waals surface area contributed by atoms with Gasteiger partial charge in [-0.1, -0.05) is 0 Å². The molecule has 0 saturated carbocycles. The van der Waals surface area contributed by atoms with E-state index in [2.05, 4.69) is 34.6 Å². The summed E-state index contributed by atoms with van der Waals surface area (Å²) >= 11 is 0. The maximum atomic E-state index is 13.5. The molecular formula is C22H30FN5O. The van der Waals surface area contributed by atoms with Crippen LogP contribution in [0.4, 0.5) is 4.39 Å². The summed E-state index contributed by atoms with van der Waals surface area (Å²) in [6.07, 6.45) is 0.860. The van der Waals surface area contributed by atoms with Gasteiger partial charge in [0.05, 0.1) is 5.69 Å². The molecule has 0 saturated heterocycles. The van der Waals surface area contributed by atoms with Gasteiger partial charge in [-0.15, -0.1) is 0 Å². The molecule has 7 heteroatoms. The Morgan fingerprint density at radius 3 is 2.72 bits per heavy atom. The molecule has 1 unspecified atom stereocenters. The average molecular weight is 400 g/mol. The summed E-state index contributed by atoms with van der Waals surface area (Å²) in [6.45, 7) is 11.4. The minimum Gasteiger partial charge on any atom is -0.459 e. The number of aromatic nitrogens is 2. The minimum absolute atomic E-state index is 0.181. The molecule has 0 amide bonds. The average Bonchev–Trinajstić information content (AvgIpc) is 3.10. The van der Waals surface area contributed by atoms with Crippen molar-refractivity contribution < 1.29 is 8.81 Å². The molecule has 2 N–H and O–H groups in total. The van der Waals surface area contributed by atoms with E-state index < -0.39 is 0 Å². The molecule has 0 aliphatic carbocycles. The number of furan rings is 1. The fourth-order valence-corrected chi connectivity index (χ4v) is 3.57. The van der Waals surface area contributed by atoms with Crippen molar-refractivity contribution >= 4 is 16.9 Å². The van der Waals surface area contributed by atoms with Crippen LogP contribution in [-0.2, 0) is 20.0 Å². The van der Waals surface area contributed by atoms with Gasteiger partial charge in [0, 0.05) is 36.3 Å². The highest BCUT2D eigenvalue weighted by Gasteiger charge is 2.15. The van der Waals surface area contributed by atoms with Crippen LogP contribution in [-0.4, -0.2) is 28.3 Å². The molecule has 3 rings (SSSR count). The molecule has 6 nitrogen and oxygen atoms in total. The van der Waals surface area contributed by atoms with Gasteiger partial charge < -0.3 is 15.1 Å². The summed E-state index contributed by atoms with van der Waals surface area (Å²) in [5, 5.41) is 12.0. The number of nitrogens with one attached hydrogen (secondary N) is 2. The van der Waals surface area contributed by atoms with Gasteiger partial charge in [0.25, 0.3) is 0 Å². The summed E-state index contributed by atoms with van der Waals surface area (Å²) < 4.78 is 21.3. The maximum absolute atomic E-state index is 13.5. The van der Waals surface area contributed by atoms with E-state index >= 15 is 0 Å². The minimum atomic E-state index is -0.263.